The first-order valence-corrected chi connectivity index (χ1v) is 6.61. The lowest BCUT2D eigenvalue weighted by molar-refractivity contribution is -0.128. The van der Waals surface area contributed by atoms with Crippen LogP contribution in [0, 0.1) is 0 Å². The Labute approximate surface area is 113 Å². The van der Waals surface area contributed by atoms with E-state index in [9.17, 15) is 4.79 Å². The first kappa shape index (κ1) is 13.3. The van der Waals surface area contributed by atoms with Crippen LogP contribution in [-0.4, -0.2) is 35.4 Å². The minimum Gasteiger partial charge on any atom is -0.360 e. The number of anilines is 1. The van der Waals surface area contributed by atoms with E-state index in [4.69, 9.17) is 0 Å². The van der Waals surface area contributed by atoms with Crippen molar-refractivity contribution >= 4 is 22.5 Å². The number of benzene rings is 1. The maximum atomic E-state index is 12.0. The van der Waals surface area contributed by atoms with Gasteiger partial charge in [0.25, 0.3) is 0 Å². The number of nitrogens with one attached hydrogen (secondary N) is 1. The van der Waals surface area contributed by atoms with Gasteiger partial charge in [-0.3, -0.25) is 4.79 Å². The number of aromatic nitrogens is 1. The summed E-state index contributed by atoms with van der Waals surface area (Å²) in [6.45, 7) is 5.72. The third-order valence-electron chi connectivity index (χ3n) is 3.20. The first-order valence-electron chi connectivity index (χ1n) is 6.61. The predicted molar refractivity (Wildman–Crippen MR) is 78.2 cm³/mol. The maximum Gasteiger partial charge on any atom is 0.241 e. The Morgan fingerprint density at radius 1 is 1.21 bits per heavy atom. The van der Waals surface area contributed by atoms with Gasteiger partial charge in [-0.2, -0.15) is 0 Å². The monoisotopic (exact) mass is 257 g/mol. The maximum absolute atomic E-state index is 12.0. The number of carbonyl (C=O) groups is 1. The van der Waals surface area contributed by atoms with Crippen LogP contribution in [0.1, 0.15) is 13.8 Å². The van der Waals surface area contributed by atoms with Gasteiger partial charge in [0.2, 0.25) is 5.91 Å². The molecule has 100 valence electrons. The van der Waals surface area contributed by atoms with Crippen LogP contribution in [0.5, 0.6) is 0 Å². The second kappa shape index (κ2) is 6.18. The Balaban J connectivity index is 2.12. The molecule has 1 heterocycles. The molecule has 0 aliphatic carbocycles. The van der Waals surface area contributed by atoms with E-state index in [1.807, 2.05) is 44.2 Å². The zero-order valence-corrected chi connectivity index (χ0v) is 11.4. The fraction of sp³-hybridized carbons (Fsp3) is 0.333. The van der Waals surface area contributed by atoms with Crippen molar-refractivity contribution in [2.45, 2.75) is 13.8 Å². The molecule has 19 heavy (non-hydrogen) atoms. The van der Waals surface area contributed by atoms with Gasteiger partial charge in [0.05, 0.1) is 6.54 Å². The van der Waals surface area contributed by atoms with Crippen LogP contribution in [0.4, 0.5) is 5.82 Å². The molecule has 4 heteroatoms. The van der Waals surface area contributed by atoms with Crippen molar-refractivity contribution in [1.82, 2.24) is 9.88 Å². The molecule has 0 spiro atoms. The van der Waals surface area contributed by atoms with Gasteiger partial charge in [0.1, 0.15) is 5.82 Å². The average Bonchev–Trinajstić information content (AvgIpc) is 2.46. The summed E-state index contributed by atoms with van der Waals surface area (Å²) in [6, 6.07) is 9.97. The lowest BCUT2D eigenvalue weighted by Gasteiger charge is -2.19. The van der Waals surface area contributed by atoms with Crippen LogP contribution in [-0.2, 0) is 4.79 Å². The third kappa shape index (κ3) is 3.02. The summed E-state index contributed by atoms with van der Waals surface area (Å²) in [6.07, 6.45) is 1.76. The molecule has 1 amide bonds. The minimum atomic E-state index is 0.0970. The molecule has 1 aromatic carbocycles. The second-order valence-corrected chi connectivity index (χ2v) is 4.30. The van der Waals surface area contributed by atoms with Crippen molar-refractivity contribution < 1.29 is 4.79 Å². The molecule has 0 saturated heterocycles. The van der Waals surface area contributed by atoms with Crippen molar-refractivity contribution in [3.63, 3.8) is 0 Å². The number of hydrogen-bond donors (Lipinski definition) is 1. The van der Waals surface area contributed by atoms with Gasteiger partial charge in [0, 0.05) is 24.7 Å². The van der Waals surface area contributed by atoms with Crippen LogP contribution in [0.2, 0.25) is 0 Å². The summed E-state index contributed by atoms with van der Waals surface area (Å²) < 4.78 is 0. The molecule has 0 aliphatic heterocycles. The van der Waals surface area contributed by atoms with Crippen LogP contribution < -0.4 is 5.32 Å². The number of rotatable bonds is 5. The van der Waals surface area contributed by atoms with E-state index in [1.165, 1.54) is 0 Å². The molecule has 1 aromatic heterocycles. The number of fused-ring (bicyclic) bond motifs is 1. The summed E-state index contributed by atoms with van der Waals surface area (Å²) in [5.41, 5.74) is 0. The van der Waals surface area contributed by atoms with E-state index in [0.29, 0.717) is 0 Å². The van der Waals surface area contributed by atoms with Gasteiger partial charge >= 0.3 is 0 Å². The summed E-state index contributed by atoms with van der Waals surface area (Å²) in [4.78, 5) is 18.1. The molecule has 0 bridgehead atoms. The number of likely N-dealkylation sites (N-methyl/N-ethyl adjacent to an activating group) is 1. The smallest absolute Gasteiger partial charge is 0.241 e. The molecule has 4 nitrogen and oxygen atoms in total. The Morgan fingerprint density at radius 3 is 2.68 bits per heavy atom. The zero-order valence-electron chi connectivity index (χ0n) is 11.4. The van der Waals surface area contributed by atoms with Gasteiger partial charge in [-0.05, 0) is 25.3 Å². The predicted octanol–water partition coefficient (Wildman–Crippen LogP) is 2.52. The molecule has 0 saturated carbocycles. The van der Waals surface area contributed by atoms with E-state index >= 15 is 0 Å². The third-order valence-corrected chi connectivity index (χ3v) is 3.20. The number of hydrogen-bond acceptors (Lipinski definition) is 3. The number of amides is 1. The highest BCUT2D eigenvalue weighted by Gasteiger charge is 2.10. The second-order valence-electron chi connectivity index (χ2n) is 4.30. The van der Waals surface area contributed by atoms with Crippen LogP contribution in [0.3, 0.4) is 0 Å². The normalized spacial score (nSPS) is 10.4. The molecule has 0 unspecified atom stereocenters. The van der Waals surface area contributed by atoms with Gasteiger partial charge in [0.15, 0.2) is 0 Å². The van der Waals surface area contributed by atoms with Crippen molar-refractivity contribution in [1.29, 1.82) is 0 Å². The largest absolute Gasteiger partial charge is 0.360 e. The average molecular weight is 257 g/mol. The summed E-state index contributed by atoms with van der Waals surface area (Å²) in [5, 5.41) is 5.29. The number of carbonyl (C=O) groups excluding carboxylic acids is 1. The van der Waals surface area contributed by atoms with Crippen LogP contribution >= 0.6 is 0 Å². The summed E-state index contributed by atoms with van der Waals surface area (Å²) in [7, 11) is 0. The van der Waals surface area contributed by atoms with Gasteiger partial charge in [-0.25, -0.2) is 4.98 Å². The SMILES string of the molecule is CCN(CC)C(=O)CNc1nccc2ccccc12. The Hall–Kier alpha value is -2.10. The quantitative estimate of drug-likeness (QED) is 0.895. The summed E-state index contributed by atoms with van der Waals surface area (Å²) in [5.74, 6) is 0.860. The highest BCUT2D eigenvalue weighted by molar-refractivity contribution is 5.93. The first-order chi connectivity index (χ1) is 9.26. The van der Waals surface area contributed by atoms with E-state index in [-0.39, 0.29) is 12.5 Å². The fourth-order valence-corrected chi connectivity index (χ4v) is 2.11. The lowest BCUT2D eigenvalue weighted by Crippen LogP contribution is -2.35. The standard InChI is InChI=1S/C15H19N3O/c1-3-18(4-2)14(19)11-17-15-13-8-6-5-7-12(13)9-10-16-15/h5-10H,3-4,11H2,1-2H3,(H,16,17). The van der Waals surface area contributed by atoms with Crippen LogP contribution in [0.25, 0.3) is 10.8 Å². The van der Waals surface area contributed by atoms with Crippen molar-refractivity contribution in [2.24, 2.45) is 0 Å². The Kier molecular flexibility index (Phi) is 4.34. The zero-order chi connectivity index (χ0) is 13.7. The molecule has 2 rings (SSSR count). The molecular formula is C15H19N3O. The molecule has 0 radical (unpaired) electrons. The van der Waals surface area contributed by atoms with Crippen molar-refractivity contribution in [3.8, 4) is 0 Å². The minimum absolute atomic E-state index is 0.0970. The van der Waals surface area contributed by atoms with E-state index < -0.39 is 0 Å². The van der Waals surface area contributed by atoms with Crippen molar-refractivity contribution in [3.05, 3.63) is 36.5 Å². The van der Waals surface area contributed by atoms with Gasteiger partial charge < -0.3 is 10.2 Å². The number of pyridine rings is 1. The highest BCUT2D eigenvalue weighted by atomic mass is 16.2. The van der Waals surface area contributed by atoms with Crippen LogP contribution in [0.15, 0.2) is 36.5 Å². The molecule has 0 fully saturated rings. The van der Waals surface area contributed by atoms with E-state index in [0.717, 1.165) is 29.7 Å². The molecule has 1 N–H and O–H groups in total. The summed E-state index contributed by atoms with van der Waals surface area (Å²) >= 11 is 0. The number of nitrogens with zero attached hydrogens (tertiary/aromatic N) is 2. The van der Waals surface area contributed by atoms with Gasteiger partial charge in [-0.15, -0.1) is 0 Å². The van der Waals surface area contributed by atoms with Gasteiger partial charge in [-0.1, -0.05) is 24.3 Å². The van der Waals surface area contributed by atoms with E-state index in [2.05, 4.69) is 10.3 Å². The topological polar surface area (TPSA) is 45.2 Å². The molecule has 0 aliphatic rings. The van der Waals surface area contributed by atoms with Crippen molar-refractivity contribution in [2.75, 3.05) is 25.0 Å². The molecular weight excluding hydrogens is 238 g/mol. The Morgan fingerprint density at radius 2 is 1.95 bits per heavy atom. The fourth-order valence-electron chi connectivity index (χ4n) is 2.11. The Bertz CT molecular complexity index is 559. The molecule has 0 atom stereocenters. The lowest BCUT2D eigenvalue weighted by atomic mass is 10.1. The molecule has 2 aromatic rings. The highest BCUT2D eigenvalue weighted by Crippen LogP contribution is 2.19. The van der Waals surface area contributed by atoms with E-state index in [1.54, 1.807) is 11.1 Å².